The number of thiazole rings is 1. The van der Waals surface area contributed by atoms with Gasteiger partial charge in [0.05, 0.1) is 11.3 Å². The van der Waals surface area contributed by atoms with Crippen molar-refractivity contribution in [1.29, 1.82) is 0 Å². The quantitative estimate of drug-likeness (QED) is 0.627. The van der Waals surface area contributed by atoms with Gasteiger partial charge in [-0.3, -0.25) is 0 Å². The molecule has 0 radical (unpaired) electrons. The lowest BCUT2D eigenvalue weighted by Crippen LogP contribution is -2.37. The van der Waals surface area contributed by atoms with Crippen LogP contribution in [0.2, 0.25) is 5.15 Å². The van der Waals surface area contributed by atoms with Gasteiger partial charge < -0.3 is 4.55 Å². The normalized spacial score (nSPS) is 13.0. The molecule has 1 unspecified atom stereocenters. The van der Waals surface area contributed by atoms with Crippen molar-refractivity contribution >= 4 is 34.1 Å². The molecular weight excluding hydrogens is 346 g/mol. The molecule has 3 aromatic rings. The van der Waals surface area contributed by atoms with Crippen LogP contribution in [0.25, 0.3) is 0 Å². The van der Waals surface area contributed by atoms with Gasteiger partial charge in [-0.25, -0.2) is 4.98 Å². The molecule has 0 aliphatic carbocycles. The van der Waals surface area contributed by atoms with Crippen LogP contribution in [0.3, 0.4) is 0 Å². The van der Waals surface area contributed by atoms with E-state index in [0.29, 0.717) is 5.15 Å². The molecular formula is C18H16ClNOS2. The molecule has 5 heteroatoms. The third kappa shape index (κ3) is 2.81. The van der Waals surface area contributed by atoms with Gasteiger partial charge in [-0.2, -0.15) is 0 Å². The van der Waals surface area contributed by atoms with Crippen LogP contribution >= 0.6 is 22.9 Å². The summed E-state index contributed by atoms with van der Waals surface area (Å²) in [7, 11) is 0. The third-order valence-electron chi connectivity index (χ3n) is 3.80. The number of aryl methyl sites for hydroxylation is 1. The van der Waals surface area contributed by atoms with Gasteiger partial charge in [0, 0.05) is 11.1 Å². The Bertz CT molecular complexity index is 748. The summed E-state index contributed by atoms with van der Waals surface area (Å²) in [5.74, 6) is 0. The highest BCUT2D eigenvalue weighted by Gasteiger charge is 2.49. The molecule has 1 atom stereocenters. The van der Waals surface area contributed by atoms with Gasteiger partial charge in [0.15, 0.2) is 0 Å². The zero-order chi connectivity index (χ0) is 16.4. The summed E-state index contributed by atoms with van der Waals surface area (Å²) in [6.45, 7) is 1.92. The summed E-state index contributed by atoms with van der Waals surface area (Å²) in [6.07, 6.45) is 1.73. The highest BCUT2D eigenvalue weighted by Crippen LogP contribution is 2.48. The van der Waals surface area contributed by atoms with Crippen LogP contribution in [0.5, 0.6) is 0 Å². The van der Waals surface area contributed by atoms with Gasteiger partial charge >= 0.3 is 0 Å². The monoisotopic (exact) mass is 361 g/mol. The molecule has 0 saturated carbocycles. The number of hydrogen-bond acceptors (Lipinski definition) is 3. The first-order chi connectivity index (χ1) is 11.1. The molecule has 0 fully saturated rings. The van der Waals surface area contributed by atoms with Gasteiger partial charge in [-0.05, 0) is 18.1 Å². The fourth-order valence-electron chi connectivity index (χ4n) is 2.86. The molecule has 0 aliphatic heterocycles. The molecule has 2 nitrogen and oxygen atoms in total. The molecule has 3 rings (SSSR count). The van der Waals surface area contributed by atoms with Crippen LogP contribution in [0.1, 0.15) is 21.0 Å². The number of benzene rings is 2. The highest BCUT2D eigenvalue weighted by atomic mass is 35.5. The van der Waals surface area contributed by atoms with Gasteiger partial charge in [0.2, 0.25) is 4.75 Å². The van der Waals surface area contributed by atoms with E-state index >= 15 is 0 Å². The van der Waals surface area contributed by atoms with Crippen LogP contribution in [0.4, 0.5) is 0 Å². The van der Waals surface area contributed by atoms with E-state index in [2.05, 4.69) is 4.98 Å². The molecule has 0 aliphatic rings. The maximum absolute atomic E-state index is 13.1. The first kappa shape index (κ1) is 16.5. The van der Waals surface area contributed by atoms with E-state index in [9.17, 15) is 4.55 Å². The average molecular weight is 362 g/mol. The zero-order valence-electron chi connectivity index (χ0n) is 12.8. The molecule has 23 heavy (non-hydrogen) atoms. The summed E-state index contributed by atoms with van der Waals surface area (Å²) in [5.41, 5.74) is 1.91. The molecule has 1 heterocycles. The van der Waals surface area contributed by atoms with Crippen molar-refractivity contribution in [2.75, 3.05) is 6.26 Å². The summed E-state index contributed by atoms with van der Waals surface area (Å²) < 4.78 is 12.2. The van der Waals surface area contributed by atoms with Crippen molar-refractivity contribution in [3.63, 3.8) is 0 Å². The van der Waals surface area contributed by atoms with Crippen LogP contribution in [-0.2, 0) is 15.9 Å². The molecule has 0 N–H and O–H groups in total. The Balaban J connectivity index is 2.39. The predicted octanol–water partition coefficient (Wildman–Crippen LogP) is 4.78. The Labute approximate surface area is 148 Å². The minimum atomic E-state index is -1.23. The Morgan fingerprint density at radius 3 is 1.83 bits per heavy atom. The molecule has 0 amide bonds. The van der Waals surface area contributed by atoms with Gasteiger partial charge in [0.25, 0.3) is 0 Å². The SMILES string of the molecule is Cc1nc(Cl)c(C(c2ccccc2)(c2ccccc2)[S+](C)[O-])s1. The topological polar surface area (TPSA) is 36.0 Å². The van der Waals surface area contributed by atoms with Gasteiger partial charge in [0.1, 0.15) is 10.0 Å². The molecule has 1 aromatic heterocycles. The van der Waals surface area contributed by atoms with E-state index in [-0.39, 0.29) is 0 Å². The van der Waals surface area contributed by atoms with Crippen molar-refractivity contribution in [2.45, 2.75) is 11.7 Å². The second kappa shape index (κ2) is 6.65. The number of hydrogen-bond donors (Lipinski definition) is 0. The largest absolute Gasteiger partial charge is 0.615 e. The summed E-state index contributed by atoms with van der Waals surface area (Å²) in [4.78, 5) is 5.19. The average Bonchev–Trinajstić information content (AvgIpc) is 2.89. The Hall–Kier alpha value is -1.33. The first-order valence-electron chi connectivity index (χ1n) is 7.14. The maximum Gasteiger partial charge on any atom is 0.212 e. The van der Waals surface area contributed by atoms with Crippen molar-refractivity contribution in [1.82, 2.24) is 4.98 Å². The lowest BCUT2D eigenvalue weighted by atomic mass is 9.89. The van der Waals surface area contributed by atoms with Crippen molar-refractivity contribution in [2.24, 2.45) is 0 Å². The van der Waals surface area contributed by atoms with Crippen molar-refractivity contribution in [3.05, 3.63) is 86.8 Å². The minimum absolute atomic E-state index is 0.426. The zero-order valence-corrected chi connectivity index (χ0v) is 15.2. The third-order valence-corrected chi connectivity index (χ3v) is 6.95. The van der Waals surface area contributed by atoms with Crippen LogP contribution < -0.4 is 0 Å². The predicted molar refractivity (Wildman–Crippen MR) is 98.7 cm³/mol. The summed E-state index contributed by atoms with van der Waals surface area (Å²) >= 11 is 6.72. The Morgan fingerprint density at radius 1 is 1.00 bits per heavy atom. The Kier molecular flexibility index (Phi) is 4.78. The van der Waals surface area contributed by atoms with E-state index in [4.69, 9.17) is 11.6 Å². The Morgan fingerprint density at radius 2 is 1.48 bits per heavy atom. The standard InChI is InChI=1S/C18H16ClNOS2/c1-13-20-17(19)16(22-13)18(23(2)21,14-9-5-3-6-10-14)15-11-7-4-8-12-15/h3-12H,1-2H3. The molecule has 2 aromatic carbocycles. The maximum atomic E-state index is 13.1. The number of aromatic nitrogens is 1. The van der Waals surface area contributed by atoms with E-state index in [1.165, 1.54) is 11.3 Å². The fourth-order valence-corrected chi connectivity index (χ4v) is 6.06. The molecule has 118 valence electrons. The van der Waals surface area contributed by atoms with Crippen LogP contribution in [-0.4, -0.2) is 15.8 Å². The number of nitrogens with zero attached hydrogens (tertiary/aromatic N) is 1. The van der Waals surface area contributed by atoms with Crippen LogP contribution in [0.15, 0.2) is 60.7 Å². The molecule has 0 spiro atoms. The fraction of sp³-hybridized carbons (Fsp3) is 0.167. The minimum Gasteiger partial charge on any atom is -0.615 e. The number of halogens is 1. The lowest BCUT2D eigenvalue weighted by molar-refractivity contribution is 0.579. The van der Waals surface area contributed by atoms with E-state index < -0.39 is 15.9 Å². The first-order valence-corrected chi connectivity index (χ1v) is 9.90. The molecule has 0 saturated heterocycles. The van der Waals surface area contributed by atoms with Crippen LogP contribution in [0, 0.1) is 6.92 Å². The summed E-state index contributed by atoms with van der Waals surface area (Å²) in [6, 6.07) is 19.8. The van der Waals surface area contributed by atoms with Gasteiger partial charge in [-0.15, -0.1) is 11.3 Å². The smallest absolute Gasteiger partial charge is 0.212 e. The van der Waals surface area contributed by atoms with Crippen molar-refractivity contribution < 1.29 is 4.55 Å². The molecule has 0 bridgehead atoms. The summed E-state index contributed by atoms with van der Waals surface area (Å²) in [5, 5.41) is 1.29. The second-order valence-corrected chi connectivity index (χ2v) is 8.30. The number of rotatable bonds is 4. The second-order valence-electron chi connectivity index (χ2n) is 5.22. The van der Waals surface area contributed by atoms with E-state index in [1.54, 1.807) is 6.26 Å². The van der Waals surface area contributed by atoms with E-state index in [0.717, 1.165) is 21.0 Å². The highest BCUT2D eigenvalue weighted by molar-refractivity contribution is 7.92. The lowest BCUT2D eigenvalue weighted by Gasteiger charge is -2.34. The van der Waals surface area contributed by atoms with Crippen molar-refractivity contribution in [3.8, 4) is 0 Å². The van der Waals surface area contributed by atoms with E-state index in [1.807, 2.05) is 67.6 Å². The van der Waals surface area contributed by atoms with Gasteiger partial charge in [-0.1, -0.05) is 72.3 Å².